The lowest BCUT2D eigenvalue weighted by molar-refractivity contribution is -0.384. The second-order valence-electron chi connectivity index (χ2n) is 2.49. The number of halogens is 4. The van der Waals surface area contributed by atoms with Crippen LogP contribution in [0.5, 0.6) is 0 Å². The summed E-state index contributed by atoms with van der Waals surface area (Å²) in [5, 5.41) is 9.38. The molecule has 0 unspecified atom stereocenters. The molecule has 0 fully saturated rings. The molecule has 9 heteroatoms. The molecule has 1 heterocycles. The molecule has 1 aromatic heterocycles. The molecule has 5 nitrogen and oxygen atoms in total. The van der Waals surface area contributed by atoms with E-state index in [9.17, 15) is 23.3 Å². The highest BCUT2D eigenvalue weighted by Crippen LogP contribution is 2.37. The van der Waals surface area contributed by atoms with Crippen molar-refractivity contribution in [3.63, 3.8) is 0 Å². The number of pyridine rings is 1. The van der Waals surface area contributed by atoms with Crippen LogP contribution in [0.25, 0.3) is 0 Å². The molecular formula is C6H3ClF3N3O2. The van der Waals surface area contributed by atoms with E-state index in [4.69, 9.17) is 17.3 Å². The van der Waals surface area contributed by atoms with Crippen molar-refractivity contribution in [3.05, 3.63) is 26.9 Å². The molecule has 1 aromatic rings. The van der Waals surface area contributed by atoms with E-state index in [1.165, 1.54) is 0 Å². The molecule has 0 aromatic carbocycles. The van der Waals surface area contributed by atoms with Crippen LogP contribution in [0.3, 0.4) is 0 Å². The molecule has 0 aliphatic carbocycles. The van der Waals surface area contributed by atoms with Crippen molar-refractivity contribution < 1.29 is 18.1 Å². The largest absolute Gasteiger partial charge is 0.419 e. The fourth-order valence-corrected chi connectivity index (χ4v) is 1.09. The van der Waals surface area contributed by atoms with Gasteiger partial charge in [-0.1, -0.05) is 11.6 Å². The van der Waals surface area contributed by atoms with Gasteiger partial charge in [0.05, 0.1) is 10.5 Å². The zero-order chi connectivity index (χ0) is 11.8. The van der Waals surface area contributed by atoms with Crippen molar-refractivity contribution in [3.8, 4) is 0 Å². The summed E-state index contributed by atoms with van der Waals surface area (Å²) in [5.74, 6) is -0.655. The second-order valence-corrected chi connectivity index (χ2v) is 2.84. The van der Waals surface area contributed by atoms with Gasteiger partial charge in [-0.3, -0.25) is 10.1 Å². The Morgan fingerprint density at radius 2 is 2.07 bits per heavy atom. The van der Waals surface area contributed by atoms with Crippen LogP contribution in [0, 0.1) is 10.1 Å². The molecule has 0 bridgehead atoms. The minimum absolute atomic E-state index is 0.255. The highest BCUT2D eigenvalue weighted by atomic mass is 35.5. The Bertz CT molecular complexity index is 421. The van der Waals surface area contributed by atoms with Crippen molar-refractivity contribution in [1.29, 1.82) is 0 Å². The lowest BCUT2D eigenvalue weighted by atomic mass is 10.2. The number of hydrogen-bond donors (Lipinski definition) is 1. The summed E-state index contributed by atoms with van der Waals surface area (Å²) < 4.78 is 36.7. The lowest BCUT2D eigenvalue weighted by Gasteiger charge is -2.08. The number of rotatable bonds is 1. The number of alkyl halides is 3. The predicted octanol–water partition coefficient (Wildman–Crippen LogP) is 2.24. The van der Waals surface area contributed by atoms with Gasteiger partial charge in [-0.2, -0.15) is 13.2 Å². The van der Waals surface area contributed by atoms with E-state index >= 15 is 0 Å². The highest BCUT2D eigenvalue weighted by Gasteiger charge is 2.36. The van der Waals surface area contributed by atoms with Gasteiger partial charge in [0, 0.05) is 6.07 Å². The summed E-state index contributed by atoms with van der Waals surface area (Å²) in [4.78, 5) is 12.3. The normalized spacial score (nSPS) is 11.5. The molecular weight excluding hydrogens is 239 g/mol. The van der Waals surface area contributed by atoms with Crippen LogP contribution in [0.2, 0.25) is 5.15 Å². The Kier molecular flexibility index (Phi) is 2.71. The minimum Gasteiger partial charge on any atom is -0.378 e. The second kappa shape index (κ2) is 3.54. The van der Waals surface area contributed by atoms with Gasteiger partial charge in [0.15, 0.2) is 0 Å². The van der Waals surface area contributed by atoms with Crippen molar-refractivity contribution >= 4 is 23.1 Å². The molecule has 82 valence electrons. The van der Waals surface area contributed by atoms with E-state index in [1.54, 1.807) is 0 Å². The maximum atomic E-state index is 12.2. The van der Waals surface area contributed by atoms with Crippen molar-refractivity contribution in [1.82, 2.24) is 4.98 Å². The maximum absolute atomic E-state index is 12.2. The van der Waals surface area contributed by atoms with Gasteiger partial charge < -0.3 is 5.73 Å². The SMILES string of the molecule is Nc1nc(Cl)c(C(F)(F)F)cc1[N+](=O)[O-]. The summed E-state index contributed by atoms with van der Waals surface area (Å²) >= 11 is 5.16. The van der Waals surface area contributed by atoms with Gasteiger partial charge in [-0.25, -0.2) is 4.98 Å². The number of anilines is 1. The van der Waals surface area contributed by atoms with Gasteiger partial charge in [-0.15, -0.1) is 0 Å². The van der Waals surface area contributed by atoms with E-state index in [-0.39, 0.29) is 6.07 Å². The van der Waals surface area contributed by atoms with Crippen LogP contribution in [0.15, 0.2) is 6.07 Å². The van der Waals surface area contributed by atoms with Gasteiger partial charge in [-0.05, 0) is 0 Å². The van der Waals surface area contributed by atoms with E-state index in [2.05, 4.69) is 4.98 Å². The van der Waals surface area contributed by atoms with Crippen molar-refractivity contribution in [2.75, 3.05) is 5.73 Å². The Balaban J connectivity index is 3.43. The predicted molar refractivity (Wildman–Crippen MR) is 45.3 cm³/mol. The van der Waals surface area contributed by atoms with Crippen molar-refractivity contribution in [2.24, 2.45) is 0 Å². The topological polar surface area (TPSA) is 82.0 Å². The van der Waals surface area contributed by atoms with E-state index in [0.717, 1.165) is 0 Å². The summed E-state index contributed by atoms with van der Waals surface area (Å²) in [7, 11) is 0. The number of aromatic nitrogens is 1. The van der Waals surface area contributed by atoms with E-state index in [1.807, 2.05) is 0 Å². The standard InChI is InChI=1S/C6H3ClF3N3O2/c7-4-2(6(8,9)10)1-3(13(14)15)5(11)12-4/h1H,(H2,11,12). The molecule has 0 aliphatic rings. The number of hydrogen-bond acceptors (Lipinski definition) is 4. The Labute approximate surface area is 85.8 Å². The zero-order valence-electron chi connectivity index (χ0n) is 6.88. The molecule has 0 amide bonds. The summed E-state index contributed by atoms with van der Waals surface area (Å²) in [6.07, 6.45) is -4.80. The fraction of sp³-hybridized carbons (Fsp3) is 0.167. The number of nitro groups is 1. The summed E-state index contributed by atoms with van der Waals surface area (Å²) in [6, 6.07) is 0.255. The van der Waals surface area contributed by atoms with Gasteiger partial charge in [0.2, 0.25) is 5.82 Å². The van der Waals surface area contributed by atoms with Crippen molar-refractivity contribution in [2.45, 2.75) is 6.18 Å². The molecule has 0 radical (unpaired) electrons. The average molecular weight is 242 g/mol. The molecule has 1 rings (SSSR count). The number of nitrogen functional groups attached to an aromatic ring is 1. The minimum atomic E-state index is -4.80. The third-order valence-electron chi connectivity index (χ3n) is 1.49. The molecule has 0 saturated heterocycles. The molecule has 0 spiro atoms. The molecule has 0 saturated carbocycles. The summed E-state index contributed by atoms with van der Waals surface area (Å²) in [5.41, 5.74) is 2.72. The molecule has 15 heavy (non-hydrogen) atoms. The van der Waals surface area contributed by atoms with Crippen LogP contribution in [-0.4, -0.2) is 9.91 Å². The third kappa shape index (κ3) is 2.27. The van der Waals surface area contributed by atoms with Gasteiger partial charge >= 0.3 is 11.9 Å². The van der Waals surface area contributed by atoms with E-state index < -0.39 is 33.3 Å². The maximum Gasteiger partial charge on any atom is 0.419 e. The Morgan fingerprint density at radius 3 is 2.47 bits per heavy atom. The zero-order valence-corrected chi connectivity index (χ0v) is 7.63. The first-order chi connectivity index (χ1) is 6.73. The smallest absolute Gasteiger partial charge is 0.378 e. The van der Waals surface area contributed by atoms with Crippen LogP contribution in [0.4, 0.5) is 24.7 Å². The van der Waals surface area contributed by atoms with Crippen LogP contribution in [0.1, 0.15) is 5.56 Å². The number of nitrogens with zero attached hydrogens (tertiary/aromatic N) is 2. The molecule has 0 aliphatic heterocycles. The van der Waals surface area contributed by atoms with Crippen LogP contribution >= 0.6 is 11.6 Å². The Morgan fingerprint density at radius 1 is 1.53 bits per heavy atom. The van der Waals surface area contributed by atoms with Gasteiger partial charge in [0.1, 0.15) is 5.15 Å². The van der Waals surface area contributed by atoms with E-state index in [0.29, 0.717) is 0 Å². The van der Waals surface area contributed by atoms with Gasteiger partial charge in [0.25, 0.3) is 0 Å². The first-order valence-corrected chi connectivity index (χ1v) is 3.79. The molecule has 0 atom stereocenters. The van der Waals surface area contributed by atoms with Crippen LogP contribution in [-0.2, 0) is 6.18 Å². The fourth-order valence-electron chi connectivity index (χ4n) is 0.838. The first kappa shape index (κ1) is 11.5. The quantitative estimate of drug-likeness (QED) is 0.464. The highest BCUT2D eigenvalue weighted by molar-refractivity contribution is 6.30. The third-order valence-corrected chi connectivity index (χ3v) is 1.77. The first-order valence-electron chi connectivity index (χ1n) is 3.41. The lowest BCUT2D eigenvalue weighted by Crippen LogP contribution is -2.09. The molecule has 2 N–H and O–H groups in total. The number of nitrogens with two attached hydrogens (primary N) is 1. The Hall–Kier alpha value is -1.57. The average Bonchev–Trinajstić information content (AvgIpc) is 2.00. The van der Waals surface area contributed by atoms with Crippen LogP contribution < -0.4 is 5.73 Å². The summed E-state index contributed by atoms with van der Waals surface area (Å²) in [6.45, 7) is 0. The monoisotopic (exact) mass is 241 g/mol.